The van der Waals surface area contributed by atoms with Crippen molar-refractivity contribution in [3.63, 3.8) is 0 Å². The molecule has 72 valence electrons. The lowest BCUT2D eigenvalue weighted by atomic mass is 10.0. The topological polar surface area (TPSA) is 38.3 Å². The summed E-state index contributed by atoms with van der Waals surface area (Å²) in [4.78, 5) is 10.1. The minimum Gasteiger partial charge on any atom is -0.385 e. The molecule has 3 nitrogen and oxygen atoms in total. The monoisotopic (exact) mass is 173 g/mol. The number of hydrogen-bond donors (Lipinski definition) is 1. The van der Waals surface area contributed by atoms with Gasteiger partial charge in [0.25, 0.3) is 0 Å². The van der Waals surface area contributed by atoms with E-state index in [0.717, 1.165) is 38.8 Å². The Kier molecular flexibility index (Phi) is 8.39. The third-order valence-electron chi connectivity index (χ3n) is 1.86. The van der Waals surface area contributed by atoms with Crippen LogP contribution < -0.4 is 5.32 Å². The summed E-state index contributed by atoms with van der Waals surface area (Å²) >= 11 is 0. The van der Waals surface area contributed by atoms with E-state index in [9.17, 15) is 4.79 Å². The van der Waals surface area contributed by atoms with Crippen LogP contribution >= 0.6 is 0 Å². The fourth-order valence-electron chi connectivity index (χ4n) is 0.980. The van der Waals surface area contributed by atoms with E-state index in [4.69, 9.17) is 0 Å². The number of carbonyl (C=O) groups is 1. The molecule has 0 aliphatic carbocycles. The highest BCUT2D eigenvalue weighted by molar-refractivity contribution is 5.53. The number of hydrogen-bond acceptors (Lipinski definition) is 3. The first-order valence-electron chi connectivity index (χ1n) is 4.50. The minimum atomic E-state index is 0.344. The molecule has 1 aliphatic heterocycles. The van der Waals surface area contributed by atoms with Crippen LogP contribution in [0.15, 0.2) is 0 Å². The van der Waals surface area contributed by atoms with Gasteiger partial charge in [-0.1, -0.05) is 0 Å². The molecule has 1 fully saturated rings. The largest absolute Gasteiger partial charge is 0.385 e. The summed E-state index contributed by atoms with van der Waals surface area (Å²) in [5.41, 5.74) is 0. The fourth-order valence-corrected chi connectivity index (χ4v) is 0.980. The van der Waals surface area contributed by atoms with Gasteiger partial charge in [0.1, 0.15) is 6.29 Å². The molecule has 3 heteroatoms. The minimum absolute atomic E-state index is 0.344. The number of piperidine rings is 1. The average molecular weight is 173 g/mol. The molecule has 1 N–H and O–H groups in total. The Morgan fingerprint density at radius 3 is 2.25 bits per heavy atom. The van der Waals surface area contributed by atoms with Crippen LogP contribution in [0.5, 0.6) is 0 Å². The van der Waals surface area contributed by atoms with Crippen molar-refractivity contribution in [1.82, 2.24) is 5.32 Å². The van der Waals surface area contributed by atoms with Gasteiger partial charge in [-0.05, 0) is 32.9 Å². The summed E-state index contributed by atoms with van der Waals surface area (Å²) in [6.07, 6.45) is 3.13. The summed E-state index contributed by atoms with van der Waals surface area (Å²) < 4.78 is 4.54. The lowest BCUT2D eigenvalue weighted by Crippen LogP contribution is -2.28. The second-order valence-electron chi connectivity index (χ2n) is 2.80. The molecule has 1 heterocycles. The lowest BCUT2D eigenvalue weighted by Gasteiger charge is -2.16. The Morgan fingerprint density at radius 1 is 1.50 bits per heavy atom. The Morgan fingerprint density at radius 2 is 2.00 bits per heavy atom. The van der Waals surface area contributed by atoms with Gasteiger partial charge in [0.15, 0.2) is 0 Å². The first-order valence-corrected chi connectivity index (χ1v) is 4.50. The van der Waals surface area contributed by atoms with Gasteiger partial charge in [-0.25, -0.2) is 0 Å². The maximum atomic E-state index is 10.1. The van der Waals surface area contributed by atoms with Gasteiger partial charge in [-0.15, -0.1) is 0 Å². The van der Waals surface area contributed by atoms with E-state index in [-0.39, 0.29) is 0 Å². The molecule has 12 heavy (non-hydrogen) atoms. The van der Waals surface area contributed by atoms with Crippen LogP contribution in [0.3, 0.4) is 0 Å². The molecular weight excluding hydrogens is 154 g/mol. The van der Waals surface area contributed by atoms with Crippen molar-refractivity contribution in [2.75, 3.05) is 26.8 Å². The number of ether oxygens (including phenoxy) is 1. The van der Waals surface area contributed by atoms with Gasteiger partial charge in [0, 0.05) is 19.6 Å². The van der Waals surface area contributed by atoms with Crippen LogP contribution in [-0.4, -0.2) is 33.1 Å². The molecule has 0 unspecified atom stereocenters. The highest BCUT2D eigenvalue weighted by atomic mass is 16.5. The molecule has 0 radical (unpaired) electrons. The second-order valence-corrected chi connectivity index (χ2v) is 2.80. The molecule has 0 saturated carbocycles. The third-order valence-corrected chi connectivity index (χ3v) is 1.86. The van der Waals surface area contributed by atoms with Crippen LogP contribution in [0.4, 0.5) is 0 Å². The Hall–Kier alpha value is -0.410. The van der Waals surface area contributed by atoms with Gasteiger partial charge in [-0.3, -0.25) is 0 Å². The molecule has 0 aromatic rings. The fraction of sp³-hybridized carbons (Fsp3) is 0.889. The van der Waals surface area contributed by atoms with Crippen LogP contribution in [0, 0.1) is 5.92 Å². The van der Waals surface area contributed by atoms with E-state index >= 15 is 0 Å². The number of aldehydes is 1. The van der Waals surface area contributed by atoms with E-state index in [0.29, 0.717) is 5.92 Å². The van der Waals surface area contributed by atoms with Crippen LogP contribution in [-0.2, 0) is 9.53 Å². The molecule has 1 aliphatic rings. The lowest BCUT2D eigenvalue weighted by molar-refractivity contribution is -0.111. The Labute approximate surface area is 74.5 Å². The second kappa shape index (κ2) is 8.68. The number of carbonyl (C=O) groups excluding carboxylic acids is 1. The molecular formula is C9H19NO2. The number of nitrogens with one attached hydrogen (secondary N) is 1. The van der Waals surface area contributed by atoms with Crippen molar-refractivity contribution < 1.29 is 9.53 Å². The summed E-state index contributed by atoms with van der Waals surface area (Å²) in [6.45, 7) is 4.81. The third kappa shape index (κ3) is 6.31. The van der Waals surface area contributed by atoms with E-state index in [1.54, 1.807) is 7.11 Å². The van der Waals surface area contributed by atoms with Gasteiger partial charge in [-0.2, -0.15) is 0 Å². The molecule has 0 atom stereocenters. The Balaban J connectivity index is 0.000000261. The summed E-state index contributed by atoms with van der Waals surface area (Å²) in [5.74, 6) is 0.344. The van der Waals surface area contributed by atoms with Crippen molar-refractivity contribution in [1.29, 1.82) is 0 Å². The predicted octanol–water partition coefficient (Wildman–Crippen LogP) is 0.838. The molecule has 0 bridgehead atoms. The molecule has 1 rings (SSSR count). The standard InChI is InChI=1S/C6H11NO.C3H8O/c8-5-6-1-3-7-4-2-6;1-3-4-2/h5-7H,1-4H2;3H2,1-2H3. The zero-order chi connectivity index (χ0) is 9.23. The Bertz CT molecular complexity index is 98.7. The molecule has 1 saturated heterocycles. The zero-order valence-electron chi connectivity index (χ0n) is 8.01. The predicted molar refractivity (Wildman–Crippen MR) is 49.2 cm³/mol. The zero-order valence-corrected chi connectivity index (χ0v) is 8.01. The summed E-state index contributed by atoms with van der Waals surface area (Å²) in [6, 6.07) is 0. The summed E-state index contributed by atoms with van der Waals surface area (Å²) in [5, 5.41) is 3.19. The highest BCUT2D eigenvalue weighted by Crippen LogP contribution is 2.06. The normalized spacial score (nSPS) is 17.8. The van der Waals surface area contributed by atoms with Gasteiger partial charge < -0.3 is 14.8 Å². The van der Waals surface area contributed by atoms with Crippen molar-refractivity contribution in [3.05, 3.63) is 0 Å². The van der Waals surface area contributed by atoms with E-state index in [1.165, 1.54) is 0 Å². The van der Waals surface area contributed by atoms with Gasteiger partial charge in [0.2, 0.25) is 0 Å². The van der Waals surface area contributed by atoms with E-state index in [1.807, 2.05) is 6.92 Å². The number of methoxy groups -OCH3 is 1. The average Bonchev–Trinajstić information content (AvgIpc) is 2.19. The van der Waals surface area contributed by atoms with E-state index in [2.05, 4.69) is 10.1 Å². The van der Waals surface area contributed by atoms with Crippen LogP contribution in [0.25, 0.3) is 0 Å². The van der Waals surface area contributed by atoms with Crippen molar-refractivity contribution in [2.24, 2.45) is 5.92 Å². The first kappa shape index (κ1) is 11.6. The van der Waals surface area contributed by atoms with Crippen molar-refractivity contribution in [3.8, 4) is 0 Å². The molecule has 0 aromatic carbocycles. The maximum absolute atomic E-state index is 10.1. The first-order chi connectivity index (χ1) is 5.85. The smallest absolute Gasteiger partial charge is 0.123 e. The quantitative estimate of drug-likeness (QED) is 0.629. The highest BCUT2D eigenvalue weighted by Gasteiger charge is 2.09. The SMILES string of the molecule is CCOC.O=CC1CCNCC1. The van der Waals surface area contributed by atoms with Gasteiger partial charge >= 0.3 is 0 Å². The van der Waals surface area contributed by atoms with E-state index < -0.39 is 0 Å². The number of rotatable bonds is 2. The van der Waals surface area contributed by atoms with Crippen LogP contribution in [0.2, 0.25) is 0 Å². The maximum Gasteiger partial charge on any atom is 0.123 e. The molecule has 0 aromatic heterocycles. The van der Waals surface area contributed by atoms with Crippen molar-refractivity contribution in [2.45, 2.75) is 19.8 Å². The molecule has 0 amide bonds. The summed E-state index contributed by atoms with van der Waals surface area (Å²) in [7, 11) is 1.68. The molecule has 0 spiro atoms. The van der Waals surface area contributed by atoms with Crippen LogP contribution in [0.1, 0.15) is 19.8 Å². The van der Waals surface area contributed by atoms with Gasteiger partial charge in [0.05, 0.1) is 0 Å². The van der Waals surface area contributed by atoms with Crippen molar-refractivity contribution >= 4 is 6.29 Å².